The van der Waals surface area contributed by atoms with E-state index in [1.54, 1.807) is 0 Å². The molecule has 0 spiro atoms. The zero-order chi connectivity index (χ0) is 18.5. The summed E-state index contributed by atoms with van der Waals surface area (Å²) in [7, 11) is 0. The molecule has 6 heteroatoms. The van der Waals surface area contributed by atoms with Gasteiger partial charge in [-0.1, -0.05) is 35.9 Å². The second-order valence-electron chi connectivity index (χ2n) is 6.08. The number of benzene rings is 2. The van der Waals surface area contributed by atoms with Gasteiger partial charge in [0, 0.05) is 40.6 Å². The first-order chi connectivity index (χ1) is 12.5. The standard InChI is InChI=1S/C20H21N3O2S/c1-14-6-8-15(9-7-14)20(25)22-10-11-23-12-18(26-13-19(21)24)16-4-2-3-5-17(16)23/h2-9,12H,10-11,13H2,1H3,(H2,21,24)(H,22,25). The Labute approximate surface area is 156 Å². The fraction of sp³-hybridized carbons (Fsp3) is 0.200. The Morgan fingerprint density at radius 2 is 1.85 bits per heavy atom. The molecule has 0 saturated heterocycles. The largest absolute Gasteiger partial charge is 0.369 e. The van der Waals surface area contributed by atoms with Crippen LogP contribution in [0.25, 0.3) is 10.9 Å². The fourth-order valence-electron chi connectivity index (χ4n) is 2.76. The first-order valence-electron chi connectivity index (χ1n) is 8.38. The minimum atomic E-state index is -0.336. The van der Waals surface area contributed by atoms with Gasteiger partial charge in [-0.05, 0) is 25.1 Å². The number of nitrogens with zero attached hydrogens (tertiary/aromatic N) is 1. The van der Waals surface area contributed by atoms with Gasteiger partial charge < -0.3 is 15.6 Å². The van der Waals surface area contributed by atoms with Crippen LogP contribution in [0.3, 0.4) is 0 Å². The van der Waals surface area contributed by atoms with Gasteiger partial charge in [-0.3, -0.25) is 9.59 Å². The van der Waals surface area contributed by atoms with E-state index in [9.17, 15) is 9.59 Å². The molecule has 2 aromatic carbocycles. The van der Waals surface area contributed by atoms with Crippen molar-refractivity contribution in [1.82, 2.24) is 9.88 Å². The maximum absolute atomic E-state index is 12.2. The first kappa shape index (κ1) is 18.1. The highest BCUT2D eigenvalue weighted by Crippen LogP contribution is 2.29. The summed E-state index contributed by atoms with van der Waals surface area (Å²) in [6.45, 7) is 3.16. The number of carbonyl (C=O) groups is 2. The summed E-state index contributed by atoms with van der Waals surface area (Å²) in [6, 6.07) is 15.5. The van der Waals surface area contributed by atoms with E-state index in [1.165, 1.54) is 11.8 Å². The molecule has 3 rings (SSSR count). The lowest BCUT2D eigenvalue weighted by Gasteiger charge is -2.08. The number of nitrogens with one attached hydrogen (secondary N) is 1. The van der Waals surface area contributed by atoms with E-state index in [0.29, 0.717) is 18.7 Å². The van der Waals surface area contributed by atoms with E-state index < -0.39 is 0 Å². The van der Waals surface area contributed by atoms with Crippen LogP contribution in [-0.4, -0.2) is 28.7 Å². The van der Waals surface area contributed by atoms with Crippen molar-refractivity contribution in [3.8, 4) is 0 Å². The molecule has 134 valence electrons. The van der Waals surface area contributed by atoms with Crippen molar-refractivity contribution in [3.63, 3.8) is 0 Å². The highest BCUT2D eigenvalue weighted by Gasteiger charge is 2.10. The number of hydrogen-bond acceptors (Lipinski definition) is 3. The van der Waals surface area contributed by atoms with Crippen LogP contribution in [0.5, 0.6) is 0 Å². The average Bonchev–Trinajstić information content (AvgIpc) is 2.98. The van der Waals surface area contributed by atoms with Gasteiger partial charge in [-0.2, -0.15) is 0 Å². The van der Waals surface area contributed by atoms with Crippen molar-refractivity contribution < 1.29 is 9.59 Å². The molecule has 2 amide bonds. The number of primary amides is 1. The Morgan fingerprint density at radius 3 is 2.58 bits per heavy atom. The van der Waals surface area contributed by atoms with Crippen molar-refractivity contribution in [2.45, 2.75) is 18.4 Å². The maximum atomic E-state index is 12.2. The van der Waals surface area contributed by atoms with Crippen LogP contribution in [0, 0.1) is 6.92 Å². The molecule has 0 fully saturated rings. The summed E-state index contributed by atoms with van der Waals surface area (Å²) in [5, 5.41) is 4.04. The molecular formula is C20H21N3O2S. The van der Waals surface area contributed by atoms with Crippen molar-refractivity contribution in [2.75, 3.05) is 12.3 Å². The first-order valence-corrected chi connectivity index (χ1v) is 9.37. The number of carbonyl (C=O) groups excluding carboxylic acids is 2. The van der Waals surface area contributed by atoms with Gasteiger partial charge in [-0.25, -0.2) is 0 Å². The summed E-state index contributed by atoms with van der Waals surface area (Å²) in [6.07, 6.45) is 2.01. The molecule has 0 aliphatic carbocycles. The minimum Gasteiger partial charge on any atom is -0.369 e. The van der Waals surface area contributed by atoms with E-state index in [0.717, 1.165) is 21.4 Å². The summed E-state index contributed by atoms with van der Waals surface area (Å²) in [5.74, 6) is -0.167. The van der Waals surface area contributed by atoms with Crippen LogP contribution >= 0.6 is 11.8 Å². The number of hydrogen-bond donors (Lipinski definition) is 2. The van der Waals surface area contributed by atoms with E-state index in [2.05, 4.69) is 9.88 Å². The molecule has 0 atom stereocenters. The van der Waals surface area contributed by atoms with Gasteiger partial charge in [0.05, 0.1) is 5.75 Å². The van der Waals surface area contributed by atoms with Crippen molar-refractivity contribution >= 4 is 34.5 Å². The summed E-state index contributed by atoms with van der Waals surface area (Å²) in [5.41, 5.74) is 8.11. The van der Waals surface area contributed by atoms with Gasteiger partial charge in [0.2, 0.25) is 5.91 Å². The summed E-state index contributed by atoms with van der Waals surface area (Å²) >= 11 is 1.43. The molecule has 0 bridgehead atoms. The van der Waals surface area contributed by atoms with Crippen molar-refractivity contribution in [2.24, 2.45) is 5.73 Å². The lowest BCUT2D eigenvalue weighted by molar-refractivity contribution is -0.115. The van der Waals surface area contributed by atoms with Gasteiger partial charge >= 0.3 is 0 Å². The molecule has 0 radical (unpaired) electrons. The number of nitrogens with two attached hydrogens (primary N) is 1. The molecular weight excluding hydrogens is 346 g/mol. The molecule has 26 heavy (non-hydrogen) atoms. The second-order valence-corrected chi connectivity index (χ2v) is 7.10. The monoisotopic (exact) mass is 367 g/mol. The topological polar surface area (TPSA) is 77.1 Å². The lowest BCUT2D eigenvalue weighted by Crippen LogP contribution is -2.27. The highest BCUT2D eigenvalue weighted by molar-refractivity contribution is 8.00. The highest BCUT2D eigenvalue weighted by atomic mass is 32.2. The maximum Gasteiger partial charge on any atom is 0.251 e. The van der Waals surface area contributed by atoms with Crippen molar-refractivity contribution in [3.05, 3.63) is 65.9 Å². The molecule has 3 aromatic rings. The molecule has 1 heterocycles. The fourth-order valence-corrected chi connectivity index (χ4v) is 3.59. The third-order valence-electron chi connectivity index (χ3n) is 4.07. The van der Waals surface area contributed by atoms with Crippen LogP contribution in [-0.2, 0) is 11.3 Å². The molecule has 0 aliphatic rings. The Bertz CT molecular complexity index is 932. The number of thioether (sulfide) groups is 1. The summed E-state index contributed by atoms with van der Waals surface area (Å²) < 4.78 is 2.09. The number of amides is 2. The zero-order valence-corrected chi connectivity index (χ0v) is 15.4. The van der Waals surface area contributed by atoms with Crippen LogP contribution in [0.4, 0.5) is 0 Å². The third-order valence-corrected chi connectivity index (χ3v) is 5.14. The van der Waals surface area contributed by atoms with Crippen LogP contribution in [0.15, 0.2) is 59.6 Å². The van der Waals surface area contributed by atoms with E-state index in [-0.39, 0.29) is 17.6 Å². The smallest absolute Gasteiger partial charge is 0.251 e. The number of fused-ring (bicyclic) bond motifs is 1. The van der Waals surface area contributed by atoms with E-state index in [1.807, 2.05) is 61.7 Å². The number of rotatable bonds is 7. The Kier molecular flexibility index (Phi) is 5.63. The van der Waals surface area contributed by atoms with E-state index >= 15 is 0 Å². The minimum absolute atomic E-state index is 0.0789. The average molecular weight is 367 g/mol. The summed E-state index contributed by atoms with van der Waals surface area (Å²) in [4.78, 5) is 24.3. The lowest BCUT2D eigenvalue weighted by atomic mass is 10.1. The molecule has 3 N–H and O–H groups in total. The normalized spacial score (nSPS) is 10.8. The quantitative estimate of drug-likeness (QED) is 0.630. The predicted molar refractivity (Wildman–Crippen MR) is 105 cm³/mol. The van der Waals surface area contributed by atoms with Gasteiger partial charge in [0.1, 0.15) is 0 Å². The molecule has 0 unspecified atom stereocenters. The predicted octanol–water partition coefficient (Wildman–Crippen LogP) is 2.96. The Balaban J connectivity index is 1.67. The number of aryl methyl sites for hydroxylation is 1. The number of para-hydroxylation sites is 1. The second kappa shape index (κ2) is 8.10. The molecule has 1 aromatic heterocycles. The van der Waals surface area contributed by atoms with E-state index in [4.69, 9.17) is 5.73 Å². The SMILES string of the molecule is Cc1ccc(C(=O)NCCn2cc(SCC(N)=O)c3ccccc32)cc1. The van der Waals surface area contributed by atoms with Crippen LogP contribution in [0.2, 0.25) is 0 Å². The number of aromatic nitrogens is 1. The van der Waals surface area contributed by atoms with Crippen molar-refractivity contribution in [1.29, 1.82) is 0 Å². The van der Waals surface area contributed by atoms with Crippen LogP contribution in [0.1, 0.15) is 15.9 Å². The third kappa shape index (κ3) is 4.26. The Hall–Kier alpha value is -2.73. The Morgan fingerprint density at radius 1 is 1.12 bits per heavy atom. The zero-order valence-electron chi connectivity index (χ0n) is 14.6. The van der Waals surface area contributed by atoms with Gasteiger partial charge in [0.15, 0.2) is 0 Å². The molecule has 5 nitrogen and oxygen atoms in total. The van der Waals surface area contributed by atoms with Gasteiger partial charge in [-0.15, -0.1) is 11.8 Å². The molecule has 0 aliphatic heterocycles. The molecule has 0 saturated carbocycles. The van der Waals surface area contributed by atoms with Crippen LogP contribution < -0.4 is 11.1 Å². The van der Waals surface area contributed by atoms with Gasteiger partial charge in [0.25, 0.3) is 5.91 Å².